The van der Waals surface area contributed by atoms with Crippen molar-refractivity contribution in [2.45, 2.75) is 13.3 Å². The summed E-state index contributed by atoms with van der Waals surface area (Å²) >= 11 is 8.85. The molecule has 0 unspecified atom stereocenters. The zero-order chi connectivity index (χ0) is 11.3. The lowest BCUT2D eigenvalue weighted by molar-refractivity contribution is -0.116. The molecular weight excluding hydrogens is 279 g/mol. The molecule has 1 aromatic rings. The highest BCUT2D eigenvalue weighted by atomic mass is 79.9. The normalized spacial score (nSPS) is 10.1. The third kappa shape index (κ3) is 3.84. The van der Waals surface area contributed by atoms with Crippen LogP contribution >= 0.6 is 27.5 Å². The molecule has 1 rings (SSSR count). The van der Waals surface area contributed by atoms with E-state index in [2.05, 4.69) is 15.9 Å². The largest absolute Gasteiger partial charge is 0.494 e. The molecule has 15 heavy (non-hydrogen) atoms. The van der Waals surface area contributed by atoms with Gasteiger partial charge in [0.15, 0.2) is 5.78 Å². The second-order valence-corrected chi connectivity index (χ2v) is 4.16. The van der Waals surface area contributed by atoms with Gasteiger partial charge in [-0.25, -0.2) is 0 Å². The smallest absolute Gasteiger partial charge is 0.151 e. The summed E-state index contributed by atoms with van der Waals surface area (Å²) in [6.07, 6.45) is 0.358. The Morgan fingerprint density at radius 3 is 2.80 bits per heavy atom. The highest BCUT2D eigenvalue weighted by Gasteiger charge is 2.06. The number of ketones is 1. The number of alkyl halides is 1. The van der Waals surface area contributed by atoms with E-state index < -0.39 is 0 Å². The van der Waals surface area contributed by atoms with Gasteiger partial charge < -0.3 is 4.74 Å². The number of ether oxygens (including phenoxy) is 1. The Labute approximate surface area is 103 Å². The van der Waals surface area contributed by atoms with Crippen molar-refractivity contribution >= 4 is 33.3 Å². The monoisotopic (exact) mass is 290 g/mol. The molecule has 2 nitrogen and oxygen atoms in total. The summed E-state index contributed by atoms with van der Waals surface area (Å²) in [5.41, 5.74) is 0.934. The van der Waals surface area contributed by atoms with E-state index in [-0.39, 0.29) is 11.7 Å². The van der Waals surface area contributed by atoms with Gasteiger partial charge in [0.25, 0.3) is 0 Å². The van der Waals surface area contributed by atoms with Crippen molar-refractivity contribution in [3.8, 4) is 5.75 Å². The molecule has 0 bridgehead atoms. The van der Waals surface area contributed by atoms with Crippen LogP contribution < -0.4 is 4.74 Å². The van der Waals surface area contributed by atoms with Crippen LogP contribution in [0.4, 0.5) is 0 Å². The summed E-state index contributed by atoms with van der Waals surface area (Å²) < 4.78 is 6.21. The van der Waals surface area contributed by atoms with Crippen molar-refractivity contribution in [2.75, 3.05) is 12.5 Å². The van der Waals surface area contributed by atoms with Gasteiger partial charge in [0, 0.05) is 10.9 Å². The molecule has 0 aromatic heterocycles. The summed E-state index contributed by atoms with van der Waals surface area (Å²) in [6, 6.07) is 5.59. The first-order chi connectivity index (χ1) is 7.17. The summed E-state index contributed by atoms with van der Waals surface area (Å²) in [5.74, 6) is 0.868. The number of halogens is 2. The van der Waals surface area contributed by atoms with Gasteiger partial charge in [-0.2, -0.15) is 0 Å². The van der Waals surface area contributed by atoms with Crippen LogP contribution in [0.2, 0.25) is 0 Å². The van der Waals surface area contributed by atoms with Gasteiger partial charge in [-0.3, -0.25) is 4.79 Å². The van der Waals surface area contributed by atoms with E-state index in [1.165, 1.54) is 0 Å². The minimum absolute atomic E-state index is 0.0153. The van der Waals surface area contributed by atoms with E-state index in [0.717, 1.165) is 15.8 Å². The molecule has 0 heterocycles. The zero-order valence-corrected chi connectivity index (χ0v) is 10.8. The SMILES string of the molecule is CCOc1ccc(CC(=O)CCl)c(Br)c1. The molecule has 0 atom stereocenters. The molecule has 1 aromatic carbocycles. The third-order valence-corrected chi connectivity index (χ3v) is 2.91. The van der Waals surface area contributed by atoms with Crippen LogP contribution in [0.25, 0.3) is 0 Å². The first-order valence-electron chi connectivity index (χ1n) is 4.66. The molecule has 0 amide bonds. The van der Waals surface area contributed by atoms with Crippen LogP contribution in [0.3, 0.4) is 0 Å². The van der Waals surface area contributed by atoms with Crippen LogP contribution in [-0.2, 0) is 11.2 Å². The van der Waals surface area contributed by atoms with Gasteiger partial charge in [-0.05, 0) is 24.6 Å². The van der Waals surface area contributed by atoms with Crippen LogP contribution in [-0.4, -0.2) is 18.3 Å². The fourth-order valence-electron chi connectivity index (χ4n) is 1.19. The van der Waals surface area contributed by atoms with E-state index in [9.17, 15) is 4.79 Å². The van der Waals surface area contributed by atoms with Gasteiger partial charge in [-0.15, -0.1) is 11.6 Å². The molecule has 0 fully saturated rings. The average Bonchev–Trinajstić information content (AvgIpc) is 2.22. The lowest BCUT2D eigenvalue weighted by Crippen LogP contribution is -2.04. The minimum Gasteiger partial charge on any atom is -0.494 e. The lowest BCUT2D eigenvalue weighted by atomic mass is 10.1. The molecule has 0 spiro atoms. The summed E-state index contributed by atoms with van der Waals surface area (Å²) in [4.78, 5) is 11.2. The first-order valence-corrected chi connectivity index (χ1v) is 5.99. The van der Waals surface area contributed by atoms with Crippen LogP contribution in [0.1, 0.15) is 12.5 Å². The summed E-state index contributed by atoms with van der Waals surface area (Å²) in [7, 11) is 0. The topological polar surface area (TPSA) is 26.3 Å². The molecule has 0 aliphatic carbocycles. The number of hydrogen-bond acceptors (Lipinski definition) is 2. The fraction of sp³-hybridized carbons (Fsp3) is 0.364. The van der Waals surface area contributed by atoms with Crippen LogP contribution in [0, 0.1) is 0 Å². The van der Waals surface area contributed by atoms with Crippen molar-refractivity contribution in [3.05, 3.63) is 28.2 Å². The Kier molecular flexibility index (Phi) is 5.12. The van der Waals surface area contributed by atoms with Gasteiger partial charge in [-0.1, -0.05) is 22.0 Å². The Bertz CT molecular complexity index is 352. The van der Waals surface area contributed by atoms with E-state index in [0.29, 0.717) is 13.0 Å². The number of carbonyl (C=O) groups excluding carboxylic acids is 1. The molecule has 4 heteroatoms. The second kappa shape index (κ2) is 6.13. The van der Waals surface area contributed by atoms with Gasteiger partial charge in [0.05, 0.1) is 12.5 Å². The molecule has 0 saturated carbocycles. The predicted octanol–water partition coefficient (Wildman–Crippen LogP) is 3.20. The number of rotatable bonds is 5. The van der Waals surface area contributed by atoms with Gasteiger partial charge >= 0.3 is 0 Å². The molecular formula is C11H12BrClO2. The maximum Gasteiger partial charge on any atom is 0.151 e. The quantitative estimate of drug-likeness (QED) is 0.779. The van der Waals surface area contributed by atoms with E-state index >= 15 is 0 Å². The van der Waals surface area contributed by atoms with E-state index in [4.69, 9.17) is 16.3 Å². The van der Waals surface area contributed by atoms with Gasteiger partial charge in [0.2, 0.25) is 0 Å². The van der Waals surface area contributed by atoms with Crippen LogP contribution in [0.5, 0.6) is 5.75 Å². The molecule has 0 radical (unpaired) electrons. The minimum atomic E-state index is 0.0153. The average molecular weight is 292 g/mol. The zero-order valence-electron chi connectivity index (χ0n) is 8.43. The molecule has 0 saturated heterocycles. The highest BCUT2D eigenvalue weighted by Crippen LogP contribution is 2.23. The third-order valence-electron chi connectivity index (χ3n) is 1.87. The predicted molar refractivity (Wildman–Crippen MR) is 64.7 cm³/mol. The maximum absolute atomic E-state index is 11.2. The lowest BCUT2D eigenvalue weighted by Gasteiger charge is -2.06. The second-order valence-electron chi connectivity index (χ2n) is 3.04. The number of Topliss-reactive ketones (excluding diaryl/α,β-unsaturated/α-hetero) is 1. The summed E-state index contributed by atoms with van der Waals surface area (Å²) in [5, 5.41) is 0. The Balaban J connectivity index is 2.78. The van der Waals surface area contributed by atoms with Crippen molar-refractivity contribution in [3.63, 3.8) is 0 Å². The van der Waals surface area contributed by atoms with Gasteiger partial charge in [0.1, 0.15) is 5.75 Å². The fourth-order valence-corrected chi connectivity index (χ4v) is 1.78. The Morgan fingerprint density at radius 1 is 1.53 bits per heavy atom. The van der Waals surface area contributed by atoms with E-state index in [1.807, 2.05) is 25.1 Å². The molecule has 0 N–H and O–H groups in total. The number of hydrogen-bond donors (Lipinski definition) is 0. The van der Waals surface area contributed by atoms with Crippen molar-refractivity contribution < 1.29 is 9.53 Å². The molecule has 0 aliphatic heterocycles. The maximum atomic E-state index is 11.2. The van der Waals surface area contributed by atoms with Crippen molar-refractivity contribution in [2.24, 2.45) is 0 Å². The Hall–Kier alpha value is -0.540. The van der Waals surface area contributed by atoms with E-state index in [1.54, 1.807) is 0 Å². The standard InChI is InChI=1S/C11H12BrClO2/c1-2-15-10-4-3-8(11(12)6-10)5-9(14)7-13/h3-4,6H,2,5,7H2,1H3. The molecule has 82 valence electrons. The Morgan fingerprint density at radius 2 is 2.27 bits per heavy atom. The number of benzene rings is 1. The first kappa shape index (κ1) is 12.5. The van der Waals surface area contributed by atoms with Crippen molar-refractivity contribution in [1.82, 2.24) is 0 Å². The van der Waals surface area contributed by atoms with Crippen LogP contribution in [0.15, 0.2) is 22.7 Å². The molecule has 0 aliphatic rings. The summed E-state index contributed by atoms with van der Waals surface area (Å²) in [6.45, 7) is 2.56. The highest BCUT2D eigenvalue weighted by molar-refractivity contribution is 9.10. The number of carbonyl (C=O) groups is 1. The van der Waals surface area contributed by atoms with Crippen molar-refractivity contribution in [1.29, 1.82) is 0 Å².